The van der Waals surface area contributed by atoms with Gasteiger partial charge in [0.25, 0.3) is 5.19 Å². The van der Waals surface area contributed by atoms with E-state index in [9.17, 15) is 0 Å². The Bertz CT molecular complexity index is 519. The average molecular weight is 358 g/mol. The largest absolute Gasteiger partial charge is 0.464 e. The van der Waals surface area contributed by atoms with Gasteiger partial charge < -0.3 is 14.8 Å². The highest BCUT2D eigenvalue weighted by Crippen LogP contribution is 2.19. The monoisotopic (exact) mass is 357 g/mol. The molecular formula is C13H16BrN3O2S. The Morgan fingerprint density at radius 2 is 2.05 bits per heavy atom. The van der Waals surface area contributed by atoms with Gasteiger partial charge >= 0.3 is 0 Å². The van der Waals surface area contributed by atoms with Crippen LogP contribution in [0.3, 0.4) is 0 Å². The maximum absolute atomic E-state index is 5.62. The van der Waals surface area contributed by atoms with Crippen LogP contribution in [0.25, 0.3) is 0 Å². The molecule has 0 aliphatic rings. The van der Waals surface area contributed by atoms with Crippen molar-refractivity contribution in [3.63, 3.8) is 0 Å². The van der Waals surface area contributed by atoms with Crippen LogP contribution in [0.4, 0.5) is 0 Å². The van der Waals surface area contributed by atoms with Crippen molar-refractivity contribution >= 4 is 27.3 Å². The van der Waals surface area contributed by atoms with Crippen LogP contribution in [0.1, 0.15) is 10.6 Å². The molecule has 7 heteroatoms. The number of hydrogen-bond donors (Lipinski definition) is 1. The molecule has 2 aromatic rings. The third-order valence-corrected chi connectivity index (χ3v) is 3.85. The number of benzene rings is 1. The molecule has 1 heterocycles. The van der Waals surface area contributed by atoms with Crippen molar-refractivity contribution in [2.75, 3.05) is 20.3 Å². The lowest BCUT2D eigenvalue weighted by Crippen LogP contribution is -2.18. The molecule has 1 aromatic heterocycles. The molecule has 0 saturated carbocycles. The van der Waals surface area contributed by atoms with E-state index < -0.39 is 0 Å². The van der Waals surface area contributed by atoms with E-state index in [-0.39, 0.29) is 0 Å². The third-order valence-electron chi connectivity index (χ3n) is 2.48. The number of rotatable bonds is 8. The molecule has 0 aliphatic carbocycles. The molecule has 20 heavy (non-hydrogen) atoms. The fourth-order valence-corrected chi connectivity index (χ4v) is 2.38. The van der Waals surface area contributed by atoms with Crippen LogP contribution in [0, 0.1) is 0 Å². The SMILES string of the molecule is COCCNCc1nnc(OCc2ccc(Br)cc2)s1. The van der Waals surface area contributed by atoms with E-state index >= 15 is 0 Å². The molecule has 1 N–H and O–H groups in total. The Labute approximate surface area is 130 Å². The fraction of sp³-hybridized carbons (Fsp3) is 0.385. The van der Waals surface area contributed by atoms with Gasteiger partial charge in [0, 0.05) is 24.7 Å². The second kappa shape index (κ2) is 8.31. The van der Waals surface area contributed by atoms with Crippen LogP contribution in [-0.2, 0) is 17.9 Å². The van der Waals surface area contributed by atoms with Gasteiger partial charge in [0.15, 0.2) is 0 Å². The Morgan fingerprint density at radius 1 is 1.25 bits per heavy atom. The van der Waals surface area contributed by atoms with Gasteiger partial charge in [0.1, 0.15) is 11.6 Å². The highest BCUT2D eigenvalue weighted by atomic mass is 79.9. The van der Waals surface area contributed by atoms with Crippen molar-refractivity contribution in [1.29, 1.82) is 0 Å². The second-order valence-electron chi connectivity index (χ2n) is 4.05. The third kappa shape index (κ3) is 5.16. The first-order chi connectivity index (χ1) is 9.78. The van der Waals surface area contributed by atoms with E-state index in [2.05, 4.69) is 31.4 Å². The highest BCUT2D eigenvalue weighted by molar-refractivity contribution is 9.10. The number of nitrogens with one attached hydrogen (secondary N) is 1. The molecule has 0 radical (unpaired) electrons. The molecule has 0 aliphatic heterocycles. The van der Waals surface area contributed by atoms with Crippen molar-refractivity contribution < 1.29 is 9.47 Å². The van der Waals surface area contributed by atoms with Gasteiger partial charge in [-0.2, -0.15) is 0 Å². The lowest BCUT2D eigenvalue weighted by molar-refractivity contribution is 0.199. The van der Waals surface area contributed by atoms with Crippen LogP contribution in [-0.4, -0.2) is 30.5 Å². The van der Waals surface area contributed by atoms with E-state index in [0.29, 0.717) is 25.0 Å². The first-order valence-electron chi connectivity index (χ1n) is 6.17. The molecule has 0 unspecified atom stereocenters. The molecule has 0 amide bonds. The lowest BCUT2D eigenvalue weighted by atomic mass is 10.2. The molecule has 0 saturated heterocycles. The summed E-state index contributed by atoms with van der Waals surface area (Å²) in [7, 11) is 1.68. The Balaban J connectivity index is 1.76. The van der Waals surface area contributed by atoms with Gasteiger partial charge in [-0.1, -0.05) is 44.5 Å². The lowest BCUT2D eigenvalue weighted by Gasteiger charge is -2.02. The maximum Gasteiger partial charge on any atom is 0.294 e. The van der Waals surface area contributed by atoms with E-state index in [4.69, 9.17) is 9.47 Å². The first-order valence-corrected chi connectivity index (χ1v) is 7.78. The zero-order chi connectivity index (χ0) is 14.2. The summed E-state index contributed by atoms with van der Waals surface area (Å²) in [6, 6.07) is 8.00. The summed E-state index contributed by atoms with van der Waals surface area (Å²) in [5.74, 6) is 0. The molecule has 5 nitrogen and oxygen atoms in total. The minimum atomic E-state index is 0.499. The predicted molar refractivity (Wildman–Crippen MR) is 82.0 cm³/mol. The Hall–Kier alpha value is -1.02. The number of nitrogens with zero attached hydrogens (tertiary/aromatic N) is 2. The second-order valence-corrected chi connectivity index (χ2v) is 5.99. The number of methoxy groups -OCH3 is 1. The molecule has 108 valence electrons. The van der Waals surface area contributed by atoms with E-state index in [1.54, 1.807) is 7.11 Å². The minimum Gasteiger partial charge on any atom is -0.464 e. The van der Waals surface area contributed by atoms with Crippen molar-refractivity contribution in [1.82, 2.24) is 15.5 Å². The quantitative estimate of drug-likeness (QED) is 0.736. The molecular weight excluding hydrogens is 342 g/mol. The molecule has 0 atom stereocenters. The number of aromatic nitrogens is 2. The maximum atomic E-state index is 5.62. The zero-order valence-electron chi connectivity index (χ0n) is 11.1. The van der Waals surface area contributed by atoms with Crippen molar-refractivity contribution in [2.24, 2.45) is 0 Å². The van der Waals surface area contributed by atoms with Gasteiger partial charge in [0.2, 0.25) is 0 Å². The van der Waals surface area contributed by atoms with Crippen LogP contribution < -0.4 is 10.1 Å². The minimum absolute atomic E-state index is 0.499. The van der Waals surface area contributed by atoms with Gasteiger partial charge in [-0.25, -0.2) is 0 Å². The normalized spacial score (nSPS) is 10.7. The van der Waals surface area contributed by atoms with Crippen LogP contribution in [0.2, 0.25) is 0 Å². The summed E-state index contributed by atoms with van der Waals surface area (Å²) < 4.78 is 11.6. The molecule has 1 aromatic carbocycles. The predicted octanol–water partition coefficient (Wildman–Crippen LogP) is 2.62. The molecule has 0 bridgehead atoms. The van der Waals surface area contributed by atoms with Gasteiger partial charge in [-0.05, 0) is 17.7 Å². The number of hydrogen-bond acceptors (Lipinski definition) is 6. The van der Waals surface area contributed by atoms with Gasteiger partial charge in [-0.15, -0.1) is 5.10 Å². The van der Waals surface area contributed by atoms with Crippen molar-refractivity contribution in [3.8, 4) is 5.19 Å². The van der Waals surface area contributed by atoms with E-state index in [1.807, 2.05) is 24.3 Å². The number of halogens is 1. The summed E-state index contributed by atoms with van der Waals surface area (Å²) >= 11 is 4.86. The topological polar surface area (TPSA) is 56.3 Å². The summed E-state index contributed by atoms with van der Waals surface area (Å²) in [5, 5.41) is 12.8. The molecule has 0 fully saturated rings. The highest BCUT2D eigenvalue weighted by Gasteiger charge is 2.05. The van der Waals surface area contributed by atoms with Crippen LogP contribution in [0.5, 0.6) is 5.19 Å². The molecule has 2 rings (SSSR count). The first kappa shape index (κ1) is 15.4. The summed E-state index contributed by atoms with van der Waals surface area (Å²) in [5.41, 5.74) is 1.10. The Kier molecular flexibility index (Phi) is 6.38. The summed E-state index contributed by atoms with van der Waals surface area (Å²) in [4.78, 5) is 0. The Morgan fingerprint density at radius 3 is 2.80 bits per heavy atom. The van der Waals surface area contributed by atoms with Crippen molar-refractivity contribution in [3.05, 3.63) is 39.3 Å². The number of ether oxygens (including phenoxy) is 2. The summed E-state index contributed by atoms with van der Waals surface area (Å²) in [6.45, 7) is 2.67. The molecule has 0 spiro atoms. The van der Waals surface area contributed by atoms with Crippen LogP contribution >= 0.6 is 27.3 Å². The summed E-state index contributed by atoms with van der Waals surface area (Å²) in [6.07, 6.45) is 0. The van der Waals surface area contributed by atoms with Crippen LogP contribution in [0.15, 0.2) is 28.7 Å². The van der Waals surface area contributed by atoms with Gasteiger partial charge in [0.05, 0.1) is 6.61 Å². The average Bonchev–Trinajstić information content (AvgIpc) is 2.91. The van der Waals surface area contributed by atoms with Gasteiger partial charge in [-0.3, -0.25) is 0 Å². The smallest absolute Gasteiger partial charge is 0.294 e. The standard InChI is InChI=1S/C13H16BrN3O2S/c1-18-7-6-15-8-12-16-17-13(20-12)19-9-10-2-4-11(14)5-3-10/h2-5,15H,6-9H2,1H3. The van der Waals surface area contributed by atoms with E-state index in [1.165, 1.54) is 11.3 Å². The van der Waals surface area contributed by atoms with E-state index in [0.717, 1.165) is 21.6 Å². The fourth-order valence-electron chi connectivity index (χ4n) is 1.46. The zero-order valence-corrected chi connectivity index (χ0v) is 13.5. The van der Waals surface area contributed by atoms with Crippen molar-refractivity contribution in [2.45, 2.75) is 13.2 Å².